The molecule has 0 aromatic carbocycles. The number of carbonyl (C=O) groups excluding carboxylic acids is 1. The van der Waals surface area contributed by atoms with Gasteiger partial charge in [0.25, 0.3) is 0 Å². The zero-order valence-electron chi connectivity index (χ0n) is 10.3. The topological polar surface area (TPSA) is 64.4 Å². The van der Waals surface area contributed by atoms with Crippen molar-refractivity contribution in [2.24, 2.45) is 11.1 Å². The molecule has 0 radical (unpaired) electrons. The maximum Gasteiger partial charge on any atom is 0.249 e. The summed E-state index contributed by atoms with van der Waals surface area (Å²) in [7, 11) is 0. The minimum Gasteiger partial charge on any atom is -0.364 e. The van der Waals surface area contributed by atoms with Crippen LogP contribution in [0.5, 0.6) is 0 Å². The fourth-order valence-corrected chi connectivity index (χ4v) is 1.54. The maximum atomic E-state index is 11.7. The third kappa shape index (κ3) is 5.14. The summed E-state index contributed by atoms with van der Waals surface area (Å²) in [6, 6.07) is 0. The van der Waals surface area contributed by atoms with Gasteiger partial charge in [0.15, 0.2) is 0 Å². The Morgan fingerprint density at radius 1 is 1.44 bits per heavy atom. The van der Waals surface area contributed by atoms with Crippen LogP contribution in [0.1, 0.15) is 33.6 Å². The second kappa shape index (κ2) is 6.42. The van der Waals surface area contributed by atoms with Gasteiger partial charge in [0.1, 0.15) is 6.10 Å². The molecule has 0 aliphatic carbocycles. The molecule has 0 spiro atoms. The van der Waals surface area contributed by atoms with Crippen LogP contribution in [0, 0.1) is 5.41 Å². The monoisotopic (exact) mass is 250 g/mol. The molecule has 96 valence electrons. The first-order valence-corrected chi connectivity index (χ1v) is 5.55. The van der Waals surface area contributed by atoms with Gasteiger partial charge in [-0.15, -0.1) is 12.4 Å². The van der Waals surface area contributed by atoms with Gasteiger partial charge in [-0.05, 0) is 18.3 Å². The molecular formula is C11H23ClN2O2. The van der Waals surface area contributed by atoms with Gasteiger partial charge < -0.3 is 15.8 Å². The smallest absolute Gasteiger partial charge is 0.249 e. The minimum atomic E-state index is -0.291. The van der Waals surface area contributed by atoms with Crippen LogP contribution in [-0.2, 0) is 9.53 Å². The van der Waals surface area contributed by atoms with Crippen molar-refractivity contribution in [2.45, 2.75) is 45.8 Å². The summed E-state index contributed by atoms with van der Waals surface area (Å²) in [5, 5.41) is 2.90. The first-order chi connectivity index (χ1) is 6.92. The van der Waals surface area contributed by atoms with E-state index in [4.69, 9.17) is 10.5 Å². The number of nitrogens with one attached hydrogen (secondary N) is 1. The van der Waals surface area contributed by atoms with E-state index in [2.05, 4.69) is 26.1 Å². The number of hydrogen-bond acceptors (Lipinski definition) is 3. The molecule has 3 N–H and O–H groups in total. The van der Waals surface area contributed by atoms with E-state index in [1.54, 1.807) is 0 Å². The van der Waals surface area contributed by atoms with Crippen LogP contribution >= 0.6 is 12.4 Å². The molecule has 1 heterocycles. The molecule has 1 rings (SSSR count). The van der Waals surface area contributed by atoms with Gasteiger partial charge in [-0.3, -0.25) is 4.79 Å². The number of halogens is 1. The van der Waals surface area contributed by atoms with Crippen LogP contribution in [0.2, 0.25) is 0 Å². The Morgan fingerprint density at radius 3 is 2.50 bits per heavy atom. The molecule has 0 aromatic rings. The number of rotatable bonds is 3. The van der Waals surface area contributed by atoms with Crippen LogP contribution in [0.15, 0.2) is 0 Å². The van der Waals surface area contributed by atoms with E-state index in [9.17, 15) is 4.79 Å². The molecule has 0 saturated carbocycles. The second-order valence-electron chi connectivity index (χ2n) is 5.34. The van der Waals surface area contributed by atoms with E-state index < -0.39 is 0 Å². The molecule has 1 saturated heterocycles. The van der Waals surface area contributed by atoms with Crippen LogP contribution < -0.4 is 11.1 Å². The van der Waals surface area contributed by atoms with Gasteiger partial charge in [-0.2, -0.15) is 0 Å². The van der Waals surface area contributed by atoms with Crippen molar-refractivity contribution in [1.29, 1.82) is 0 Å². The molecule has 0 unspecified atom stereocenters. The third-order valence-corrected chi connectivity index (χ3v) is 2.46. The molecule has 1 aliphatic heterocycles. The molecule has 4 nitrogen and oxygen atoms in total. The van der Waals surface area contributed by atoms with Crippen molar-refractivity contribution in [2.75, 3.05) is 13.1 Å². The number of ether oxygens (including phenoxy) is 1. The van der Waals surface area contributed by atoms with Crippen LogP contribution in [-0.4, -0.2) is 31.2 Å². The van der Waals surface area contributed by atoms with Crippen molar-refractivity contribution in [1.82, 2.24) is 5.32 Å². The van der Waals surface area contributed by atoms with Crippen LogP contribution in [0.3, 0.4) is 0 Å². The second-order valence-corrected chi connectivity index (χ2v) is 5.34. The number of amides is 1. The summed E-state index contributed by atoms with van der Waals surface area (Å²) in [5.74, 6) is 0.000810. The van der Waals surface area contributed by atoms with Crippen molar-refractivity contribution in [3.63, 3.8) is 0 Å². The molecule has 1 aliphatic rings. The Morgan fingerprint density at radius 2 is 2.06 bits per heavy atom. The number of carbonyl (C=O) groups is 1. The SMILES string of the molecule is CC(C)(C)CNC(=O)[C@@H]1CC[C@H](CN)O1.Cl. The van der Waals surface area contributed by atoms with E-state index in [-0.39, 0.29) is 35.9 Å². The molecule has 2 atom stereocenters. The zero-order valence-corrected chi connectivity index (χ0v) is 11.1. The average molecular weight is 251 g/mol. The highest BCUT2D eigenvalue weighted by atomic mass is 35.5. The Balaban J connectivity index is 0.00000225. The lowest BCUT2D eigenvalue weighted by atomic mass is 9.97. The summed E-state index contributed by atoms with van der Waals surface area (Å²) >= 11 is 0. The summed E-state index contributed by atoms with van der Waals surface area (Å²) < 4.78 is 5.50. The molecular weight excluding hydrogens is 228 g/mol. The molecule has 16 heavy (non-hydrogen) atoms. The van der Waals surface area contributed by atoms with Crippen molar-refractivity contribution in [3.8, 4) is 0 Å². The Labute approximate surface area is 104 Å². The third-order valence-electron chi connectivity index (χ3n) is 2.46. The molecule has 5 heteroatoms. The number of nitrogens with two attached hydrogens (primary N) is 1. The zero-order chi connectivity index (χ0) is 11.5. The van der Waals surface area contributed by atoms with Crippen LogP contribution in [0.25, 0.3) is 0 Å². The van der Waals surface area contributed by atoms with E-state index in [1.165, 1.54) is 0 Å². The summed E-state index contributed by atoms with van der Waals surface area (Å²) in [4.78, 5) is 11.7. The van der Waals surface area contributed by atoms with Gasteiger partial charge in [-0.1, -0.05) is 20.8 Å². The van der Waals surface area contributed by atoms with Crippen molar-refractivity contribution >= 4 is 18.3 Å². The molecule has 1 fully saturated rings. The lowest BCUT2D eigenvalue weighted by Crippen LogP contribution is -2.39. The molecule has 1 amide bonds. The average Bonchev–Trinajstić information content (AvgIpc) is 2.61. The molecule has 0 bridgehead atoms. The predicted octanol–water partition coefficient (Wildman–Crippen LogP) is 1.08. The van der Waals surface area contributed by atoms with Gasteiger partial charge in [0.05, 0.1) is 6.10 Å². The Hall–Kier alpha value is -0.320. The fourth-order valence-electron chi connectivity index (χ4n) is 1.54. The highest BCUT2D eigenvalue weighted by Crippen LogP contribution is 2.19. The summed E-state index contributed by atoms with van der Waals surface area (Å²) in [6.45, 7) is 7.45. The highest BCUT2D eigenvalue weighted by molar-refractivity contribution is 5.85. The van der Waals surface area contributed by atoms with Crippen molar-refractivity contribution in [3.05, 3.63) is 0 Å². The van der Waals surface area contributed by atoms with E-state index in [0.717, 1.165) is 12.8 Å². The van der Waals surface area contributed by atoms with Crippen LogP contribution in [0.4, 0.5) is 0 Å². The largest absolute Gasteiger partial charge is 0.364 e. The standard InChI is InChI=1S/C11H22N2O2.ClH/c1-11(2,3)7-13-10(14)9-5-4-8(6-12)15-9;/h8-9H,4-7,12H2,1-3H3,(H,13,14);1H/t8-,9+;/m1./s1. The fraction of sp³-hybridized carbons (Fsp3) is 0.909. The highest BCUT2D eigenvalue weighted by Gasteiger charge is 2.30. The first-order valence-electron chi connectivity index (χ1n) is 5.55. The molecule has 0 aromatic heterocycles. The predicted molar refractivity (Wildman–Crippen MR) is 66.7 cm³/mol. The quantitative estimate of drug-likeness (QED) is 0.788. The lowest BCUT2D eigenvalue weighted by molar-refractivity contribution is -0.132. The van der Waals surface area contributed by atoms with Crippen molar-refractivity contribution < 1.29 is 9.53 Å². The van der Waals surface area contributed by atoms with Gasteiger partial charge in [-0.25, -0.2) is 0 Å². The van der Waals surface area contributed by atoms with E-state index >= 15 is 0 Å². The minimum absolute atomic E-state index is 0. The Bertz CT molecular complexity index is 229. The van der Waals surface area contributed by atoms with Gasteiger partial charge >= 0.3 is 0 Å². The van der Waals surface area contributed by atoms with E-state index in [1.807, 2.05) is 0 Å². The first kappa shape index (κ1) is 15.7. The van der Waals surface area contributed by atoms with E-state index in [0.29, 0.717) is 13.1 Å². The van der Waals surface area contributed by atoms with Gasteiger partial charge in [0.2, 0.25) is 5.91 Å². The number of hydrogen-bond donors (Lipinski definition) is 2. The normalized spacial score (nSPS) is 25.0. The lowest BCUT2D eigenvalue weighted by Gasteiger charge is -2.20. The maximum absolute atomic E-state index is 11.7. The summed E-state index contributed by atoms with van der Waals surface area (Å²) in [6.07, 6.45) is 1.46. The van der Waals surface area contributed by atoms with Gasteiger partial charge in [0, 0.05) is 13.1 Å². The Kier molecular flexibility index (Phi) is 6.30. The summed E-state index contributed by atoms with van der Waals surface area (Å²) in [5.41, 5.74) is 5.60.